The summed E-state index contributed by atoms with van der Waals surface area (Å²) in [6, 6.07) is 6.36. The fourth-order valence-corrected chi connectivity index (χ4v) is 2.55. The summed E-state index contributed by atoms with van der Waals surface area (Å²) < 4.78 is 5.47. The van der Waals surface area contributed by atoms with Gasteiger partial charge in [-0.2, -0.15) is 0 Å². The lowest BCUT2D eigenvalue weighted by Crippen LogP contribution is -1.92. The van der Waals surface area contributed by atoms with Crippen LogP contribution in [0.3, 0.4) is 0 Å². The van der Waals surface area contributed by atoms with E-state index >= 15 is 0 Å². The fraction of sp³-hybridized carbons (Fsp3) is 0.357. The maximum Gasteiger partial charge on any atom is 0.129 e. The maximum absolute atomic E-state index is 5.47. The SMILES string of the molecule is COc1cc(C(C)C)ccc1-c1nc(C)cs1. The second kappa shape index (κ2) is 4.88. The largest absolute Gasteiger partial charge is 0.496 e. The van der Waals surface area contributed by atoms with E-state index in [1.165, 1.54) is 5.56 Å². The lowest BCUT2D eigenvalue weighted by molar-refractivity contribution is 0.415. The number of rotatable bonds is 3. The predicted octanol–water partition coefficient (Wildman–Crippen LogP) is 4.25. The van der Waals surface area contributed by atoms with E-state index in [-0.39, 0.29) is 0 Å². The molecule has 0 radical (unpaired) electrons. The highest BCUT2D eigenvalue weighted by molar-refractivity contribution is 7.13. The Morgan fingerprint density at radius 2 is 2.06 bits per heavy atom. The molecule has 1 aromatic carbocycles. The van der Waals surface area contributed by atoms with Crippen LogP contribution in [0.1, 0.15) is 31.0 Å². The summed E-state index contributed by atoms with van der Waals surface area (Å²) in [7, 11) is 1.71. The molecule has 2 nitrogen and oxygen atoms in total. The Labute approximate surface area is 106 Å². The fourth-order valence-electron chi connectivity index (χ4n) is 1.72. The molecule has 0 saturated carbocycles. The van der Waals surface area contributed by atoms with Crippen LogP contribution < -0.4 is 4.74 Å². The van der Waals surface area contributed by atoms with E-state index in [1.807, 2.05) is 6.92 Å². The molecule has 0 spiro atoms. The van der Waals surface area contributed by atoms with Crippen LogP contribution in [0.5, 0.6) is 5.75 Å². The van der Waals surface area contributed by atoms with Crippen molar-refractivity contribution in [1.82, 2.24) is 4.98 Å². The Morgan fingerprint density at radius 3 is 2.59 bits per heavy atom. The zero-order chi connectivity index (χ0) is 12.4. The van der Waals surface area contributed by atoms with Gasteiger partial charge in [-0.15, -0.1) is 11.3 Å². The highest BCUT2D eigenvalue weighted by atomic mass is 32.1. The Morgan fingerprint density at radius 1 is 1.29 bits per heavy atom. The minimum atomic E-state index is 0.510. The van der Waals surface area contributed by atoms with Gasteiger partial charge in [-0.25, -0.2) is 4.98 Å². The highest BCUT2D eigenvalue weighted by Crippen LogP contribution is 2.34. The smallest absolute Gasteiger partial charge is 0.129 e. The van der Waals surface area contributed by atoms with Crippen molar-refractivity contribution in [2.45, 2.75) is 26.7 Å². The van der Waals surface area contributed by atoms with E-state index in [2.05, 4.69) is 42.4 Å². The standard InChI is InChI=1S/C14H17NOS/c1-9(2)11-5-6-12(13(7-11)16-4)14-15-10(3)8-17-14/h5-9H,1-4H3. The second-order valence-corrected chi connectivity index (χ2v) is 5.27. The summed E-state index contributed by atoms with van der Waals surface area (Å²) in [4.78, 5) is 4.50. The summed E-state index contributed by atoms with van der Waals surface area (Å²) in [5, 5.41) is 3.08. The molecule has 0 fully saturated rings. The molecule has 0 atom stereocenters. The third-order valence-corrected chi connectivity index (χ3v) is 3.74. The van der Waals surface area contributed by atoms with Crippen molar-refractivity contribution >= 4 is 11.3 Å². The average molecular weight is 247 g/mol. The van der Waals surface area contributed by atoms with Gasteiger partial charge in [0.2, 0.25) is 0 Å². The molecule has 0 aliphatic rings. The van der Waals surface area contributed by atoms with Crippen LogP contribution in [0, 0.1) is 6.92 Å². The highest BCUT2D eigenvalue weighted by Gasteiger charge is 2.11. The number of aromatic nitrogens is 1. The molecule has 0 aliphatic carbocycles. The molecular formula is C14H17NOS. The first-order valence-corrected chi connectivity index (χ1v) is 6.60. The average Bonchev–Trinajstić information content (AvgIpc) is 2.74. The minimum absolute atomic E-state index is 0.510. The van der Waals surface area contributed by atoms with E-state index in [0.29, 0.717) is 5.92 Å². The van der Waals surface area contributed by atoms with Gasteiger partial charge in [0.15, 0.2) is 0 Å². The quantitative estimate of drug-likeness (QED) is 0.809. The Bertz CT molecular complexity index is 517. The Kier molecular flexibility index (Phi) is 3.48. The Hall–Kier alpha value is -1.35. The van der Waals surface area contributed by atoms with Gasteiger partial charge in [-0.05, 0) is 30.5 Å². The van der Waals surface area contributed by atoms with E-state index in [4.69, 9.17) is 4.74 Å². The summed E-state index contributed by atoms with van der Waals surface area (Å²) in [5.41, 5.74) is 3.42. The van der Waals surface area contributed by atoms with Gasteiger partial charge < -0.3 is 4.74 Å². The van der Waals surface area contributed by atoms with Crippen molar-refractivity contribution in [2.24, 2.45) is 0 Å². The molecule has 0 N–H and O–H groups in total. The van der Waals surface area contributed by atoms with Gasteiger partial charge >= 0.3 is 0 Å². The normalized spacial score (nSPS) is 10.9. The minimum Gasteiger partial charge on any atom is -0.496 e. The monoisotopic (exact) mass is 247 g/mol. The van der Waals surface area contributed by atoms with Gasteiger partial charge in [-0.1, -0.05) is 19.9 Å². The molecule has 2 rings (SSSR count). The summed E-state index contributed by atoms with van der Waals surface area (Å²) in [6.07, 6.45) is 0. The zero-order valence-electron chi connectivity index (χ0n) is 10.7. The molecule has 0 bridgehead atoms. The second-order valence-electron chi connectivity index (χ2n) is 4.41. The van der Waals surface area contributed by atoms with Crippen molar-refractivity contribution < 1.29 is 4.74 Å². The van der Waals surface area contributed by atoms with Gasteiger partial charge in [0.25, 0.3) is 0 Å². The van der Waals surface area contributed by atoms with Crippen LogP contribution in [-0.2, 0) is 0 Å². The zero-order valence-corrected chi connectivity index (χ0v) is 11.5. The maximum atomic E-state index is 5.47. The van der Waals surface area contributed by atoms with Crippen LogP contribution in [-0.4, -0.2) is 12.1 Å². The topological polar surface area (TPSA) is 22.1 Å². The molecular weight excluding hydrogens is 230 g/mol. The molecule has 0 aliphatic heterocycles. The molecule has 0 amide bonds. The van der Waals surface area contributed by atoms with Crippen LogP contribution in [0.25, 0.3) is 10.6 Å². The number of methoxy groups -OCH3 is 1. The van der Waals surface area contributed by atoms with E-state index in [1.54, 1.807) is 18.4 Å². The van der Waals surface area contributed by atoms with Crippen molar-refractivity contribution in [3.05, 3.63) is 34.8 Å². The van der Waals surface area contributed by atoms with Gasteiger partial charge in [0.1, 0.15) is 10.8 Å². The molecule has 0 unspecified atom stereocenters. The number of ether oxygens (including phenoxy) is 1. The Balaban J connectivity index is 2.48. The predicted molar refractivity (Wildman–Crippen MR) is 72.9 cm³/mol. The molecule has 0 saturated heterocycles. The number of aryl methyl sites for hydroxylation is 1. The van der Waals surface area contributed by atoms with E-state index < -0.39 is 0 Å². The lowest BCUT2D eigenvalue weighted by Gasteiger charge is -2.11. The van der Waals surface area contributed by atoms with Gasteiger partial charge in [0.05, 0.1) is 12.7 Å². The summed E-state index contributed by atoms with van der Waals surface area (Å²) in [5.74, 6) is 1.42. The first-order valence-electron chi connectivity index (χ1n) is 5.72. The third kappa shape index (κ3) is 2.50. The molecule has 2 aromatic rings. The van der Waals surface area contributed by atoms with Crippen molar-refractivity contribution in [1.29, 1.82) is 0 Å². The molecule has 17 heavy (non-hydrogen) atoms. The van der Waals surface area contributed by atoms with E-state index in [9.17, 15) is 0 Å². The molecule has 1 heterocycles. The van der Waals surface area contributed by atoms with Crippen LogP contribution in [0.15, 0.2) is 23.6 Å². The number of nitrogens with zero attached hydrogens (tertiary/aromatic N) is 1. The van der Waals surface area contributed by atoms with Crippen molar-refractivity contribution in [2.75, 3.05) is 7.11 Å². The van der Waals surface area contributed by atoms with Gasteiger partial charge in [-0.3, -0.25) is 0 Å². The van der Waals surface area contributed by atoms with Crippen LogP contribution in [0.2, 0.25) is 0 Å². The number of hydrogen-bond donors (Lipinski definition) is 0. The number of benzene rings is 1. The first-order chi connectivity index (χ1) is 8.11. The van der Waals surface area contributed by atoms with Crippen molar-refractivity contribution in [3.63, 3.8) is 0 Å². The lowest BCUT2D eigenvalue weighted by atomic mass is 10.0. The van der Waals surface area contributed by atoms with Crippen LogP contribution >= 0.6 is 11.3 Å². The number of thiazole rings is 1. The van der Waals surface area contributed by atoms with Crippen LogP contribution in [0.4, 0.5) is 0 Å². The first kappa shape index (κ1) is 12.1. The summed E-state index contributed by atoms with van der Waals surface area (Å²) >= 11 is 1.66. The van der Waals surface area contributed by atoms with Gasteiger partial charge in [0, 0.05) is 11.1 Å². The van der Waals surface area contributed by atoms with E-state index in [0.717, 1.165) is 22.0 Å². The molecule has 3 heteroatoms. The molecule has 90 valence electrons. The summed E-state index contributed by atoms with van der Waals surface area (Å²) in [6.45, 7) is 6.37. The third-order valence-electron chi connectivity index (χ3n) is 2.74. The number of hydrogen-bond acceptors (Lipinski definition) is 3. The molecule has 1 aromatic heterocycles. The van der Waals surface area contributed by atoms with Crippen molar-refractivity contribution in [3.8, 4) is 16.3 Å².